The summed E-state index contributed by atoms with van der Waals surface area (Å²) in [4.78, 5) is 48.4. The summed E-state index contributed by atoms with van der Waals surface area (Å²) in [7, 11) is -4.76. The number of rotatable bonds is 49. The number of allylic oxidation sites excluding steroid dienone is 16. The normalized spacial score (nSPS) is 14.2. The highest BCUT2D eigenvalue weighted by molar-refractivity contribution is 7.47. The fourth-order valence-electron chi connectivity index (χ4n) is 6.88. The van der Waals surface area contributed by atoms with Gasteiger partial charge in [-0.2, -0.15) is 0 Å². The summed E-state index contributed by atoms with van der Waals surface area (Å²) >= 11 is 0. The first kappa shape index (κ1) is 66.4. The van der Waals surface area contributed by atoms with Crippen molar-refractivity contribution in [1.29, 1.82) is 0 Å². The number of hydrogen-bond donors (Lipinski definition) is 2. The van der Waals surface area contributed by atoms with E-state index in [9.17, 15) is 28.9 Å². The molecule has 12 heteroatoms. The fourth-order valence-corrected chi connectivity index (χ4v) is 7.67. The predicted molar refractivity (Wildman–Crippen MR) is 288 cm³/mol. The number of hydrogen-bond acceptors (Lipinski definition) is 10. The molecule has 0 radical (unpaired) electrons. The Morgan fingerprint density at radius 1 is 0.414 bits per heavy atom. The van der Waals surface area contributed by atoms with E-state index < -0.39 is 57.8 Å². The number of ether oxygens (including phenoxy) is 3. The predicted octanol–water partition coefficient (Wildman–Crippen LogP) is 15.7. The molecule has 0 saturated carbocycles. The van der Waals surface area contributed by atoms with Crippen LogP contribution in [0, 0.1) is 0 Å². The minimum absolute atomic E-state index is 0.135. The zero-order valence-electron chi connectivity index (χ0n) is 43.9. The van der Waals surface area contributed by atoms with Crippen LogP contribution in [-0.4, -0.2) is 66.5 Å². The zero-order valence-corrected chi connectivity index (χ0v) is 44.8. The first-order valence-corrected chi connectivity index (χ1v) is 28.6. The van der Waals surface area contributed by atoms with Crippen molar-refractivity contribution in [2.45, 2.75) is 226 Å². The molecule has 0 aliphatic carbocycles. The Hall–Kier alpha value is -3.60. The van der Waals surface area contributed by atoms with Gasteiger partial charge in [-0.05, 0) is 116 Å². The molecule has 0 spiro atoms. The molecule has 70 heavy (non-hydrogen) atoms. The van der Waals surface area contributed by atoms with Gasteiger partial charge in [0.2, 0.25) is 0 Å². The van der Waals surface area contributed by atoms with E-state index in [0.717, 1.165) is 116 Å². The minimum Gasteiger partial charge on any atom is -0.462 e. The van der Waals surface area contributed by atoms with Crippen LogP contribution in [0.1, 0.15) is 213 Å². The highest BCUT2D eigenvalue weighted by Gasteiger charge is 2.28. The number of aliphatic hydroxyl groups excluding tert-OH is 1. The molecule has 0 aromatic rings. The Balaban J connectivity index is 4.82. The number of esters is 3. The number of carbonyl (C=O) groups is 3. The van der Waals surface area contributed by atoms with Crippen LogP contribution in [0.3, 0.4) is 0 Å². The van der Waals surface area contributed by atoms with Gasteiger partial charge in [0.25, 0.3) is 0 Å². The summed E-state index contributed by atoms with van der Waals surface area (Å²) in [6.45, 7) is 4.29. The quantitative estimate of drug-likeness (QED) is 0.0197. The van der Waals surface area contributed by atoms with Gasteiger partial charge in [-0.3, -0.25) is 23.4 Å². The maximum atomic E-state index is 12.9. The van der Waals surface area contributed by atoms with Crippen molar-refractivity contribution in [2.75, 3.05) is 26.4 Å². The average Bonchev–Trinajstić information content (AvgIpc) is 3.35. The largest absolute Gasteiger partial charge is 0.472 e. The van der Waals surface area contributed by atoms with E-state index in [1.165, 1.54) is 38.5 Å². The Labute approximate surface area is 425 Å². The molecule has 400 valence electrons. The van der Waals surface area contributed by atoms with Crippen molar-refractivity contribution in [3.8, 4) is 0 Å². The van der Waals surface area contributed by atoms with Crippen LogP contribution in [0.4, 0.5) is 0 Å². The van der Waals surface area contributed by atoms with E-state index in [2.05, 4.69) is 118 Å². The van der Waals surface area contributed by atoms with Crippen molar-refractivity contribution < 1.29 is 52.2 Å². The summed E-state index contributed by atoms with van der Waals surface area (Å²) in [6.07, 6.45) is 59.5. The zero-order chi connectivity index (χ0) is 51.3. The van der Waals surface area contributed by atoms with Crippen molar-refractivity contribution in [1.82, 2.24) is 0 Å². The highest BCUT2D eigenvalue weighted by atomic mass is 31.2. The summed E-state index contributed by atoms with van der Waals surface area (Å²) < 4.78 is 39.4. The van der Waals surface area contributed by atoms with E-state index in [-0.39, 0.29) is 25.9 Å². The van der Waals surface area contributed by atoms with Crippen LogP contribution in [0.25, 0.3) is 0 Å². The van der Waals surface area contributed by atoms with Crippen molar-refractivity contribution in [3.63, 3.8) is 0 Å². The Bertz CT molecular complexity index is 1540. The second kappa shape index (κ2) is 51.7. The van der Waals surface area contributed by atoms with Gasteiger partial charge in [0.15, 0.2) is 6.10 Å². The maximum Gasteiger partial charge on any atom is 0.472 e. The number of aliphatic hydroxyl groups is 1. The molecule has 0 aliphatic heterocycles. The molecule has 3 unspecified atom stereocenters. The fraction of sp³-hybridized carbons (Fsp3) is 0.672. The highest BCUT2D eigenvalue weighted by Crippen LogP contribution is 2.43. The summed E-state index contributed by atoms with van der Waals surface area (Å²) in [5, 5.41) is 9.78. The molecule has 0 fully saturated rings. The second-order valence-corrected chi connectivity index (χ2v) is 19.1. The summed E-state index contributed by atoms with van der Waals surface area (Å²) in [5.41, 5.74) is 0. The van der Waals surface area contributed by atoms with Crippen molar-refractivity contribution in [3.05, 3.63) is 97.2 Å². The van der Waals surface area contributed by atoms with Gasteiger partial charge < -0.3 is 24.2 Å². The number of phosphoric ester groups is 1. The number of unbranched alkanes of at least 4 members (excludes halogenated alkanes) is 16. The molecule has 0 rings (SSSR count). The monoisotopic (exact) mass is 1000 g/mol. The van der Waals surface area contributed by atoms with E-state index >= 15 is 0 Å². The lowest BCUT2D eigenvalue weighted by Crippen LogP contribution is -2.30. The van der Waals surface area contributed by atoms with Gasteiger partial charge in [-0.15, -0.1) is 0 Å². The van der Waals surface area contributed by atoms with Gasteiger partial charge in [0, 0.05) is 19.3 Å². The van der Waals surface area contributed by atoms with Gasteiger partial charge in [-0.1, -0.05) is 176 Å². The van der Waals surface area contributed by atoms with E-state index in [1.807, 2.05) is 0 Å². The van der Waals surface area contributed by atoms with Gasteiger partial charge in [0.1, 0.15) is 12.7 Å². The number of carbonyl (C=O) groups excluding carboxylic acids is 3. The van der Waals surface area contributed by atoms with Gasteiger partial charge in [0.05, 0.1) is 19.8 Å². The Morgan fingerprint density at radius 3 is 1.16 bits per heavy atom. The second-order valence-electron chi connectivity index (χ2n) is 17.6. The van der Waals surface area contributed by atoms with Crippen LogP contribution in [0.5, 0.6) is 0 Å². The van der Waals surface area contributed by atoms with E-state index in [0.29, 0.717) is 19.3 Å². The van der Waals surface area contributed by atoms with E-state index in [1.54, 1.807) is 0 Å². The lowest BCUT2D eigenvalue weighted by atomic mass is 10.1. The number of phosphoric acid groups is 1. The van der Waals surface area contributed by atoms with Crippen molar-refractivity contribution >= 4 is 25.7 Å². The first-order valence-electron chi connectivity index (χ1n) is 27.1. The topological polar surface area (TPSA) is 155 Å². The summed E-state index contributed by atoms with van der Waals surface area (Å²) in [6, 6.07) is 0. The first-order chi connectivity index (χ1) is 34.2. The molecule has 0 heterocycles. The van der Waals surface area contributed by atoms with Crippen LogP contribution >= 0.6 is 7.82 Å². The van der Waals surface area contributed by atoms with Crippen LogP contribution in [0.2, 0.25) is 0 Å². The molecule has 0 amide bonds. The van der Waals surface area contributed by atoms with Gasteiger partial charge >= 0.3 is 25.7 Å². The molecule has 0 aliphatic rings. The molecule has 3 atom stereocenters. The molecule has 0 saturated heterocycles. The molecule has 11 nitrogen and oxygen atoms in total. The molecule has 0 aromatic heterocycles. The standard InChI is InChI=1S/C58H97O11P/c1-4-7-10-13-16-19-22-25-26-27-28-31-34-37-40-43-46-49-58(62)69-55(51-65-56(60)47-44-41-38-35-32-29-23-20-17-14-11-8-5-2)53-67-70(63,64)66-52-54(50-59)68-57(61)48-45-42-39-36-33-30-24-21-18-15-12-9-6-3/h8-9,11-12,16-21,25-26,29-30,32-33,54-55,59H,4-7,10,13-15,22-24,27-28,31,34-53H2,1-3H3,(H,63,64)/b11-8-,12-9-,19-16-,20-17-,21-18-,26-25-,32-29-,33-30-. The third kappa shape index (κ3) is 49.4. The average molecular weight is 1000 g/mol. The third-order valence-corrected chi connectivity index (χ3v) is 11.9. The lowest BCUT2D eigenvalue weighted by Gasteiger charge is -2.21. The Morgan fingerprint density at radius 2 is 0.743 bits per heavy atom. The Kier molecular flexibility index (Phi) is 49.1. The molecule has 0 bridgehead atoms. The molecule has 0 aromatic carbocycles. The maximum absolute atomic E-state index is 12.9. The van der Waals surface area contributed by atoms with Crippen LogP contribution in [-0.2, 0) is 42.2 Å². The van der Waals surface area contributed by atoms with Crippen LogP contribution < -0.4 is 0 Å². The SMILES string of the molecule is CC/C=C\C/C=C\C/C=C\CCCCCC(=O)OCC(COP(=O)(O)OCC(CO)OC(=O)CCCCC/C=C\C/C=C\C/C=C\CC)OC(=O)CCCCCCCCC/C=C\C/C=C\CCCCC. The molecular formula is C58H97O11P. The third-order valence-electron chi connectivity index (χ3n) is 11.0. The molecular weight excluding hydrogens is 904 g/mol. The lowest BCUT2D eigenvalue weighted by molar-refractivity contribution is -0.161. The van der Waals surface area contributed by atoms with E-state index in [4.69, 9.17) is 23.3 Å². The van der Waals surface area contributed by atoms with Crippen LogP contribution in [0.15, 0.2) is 97.2 Å². The smallest absolute Gasteiger partial charge is 0.462 e. The molecule has 2 N–H and O–H groups in total. The summed E-state index contributed by atoms with van der Waals surface area (Å²) in [5.74, 6) is -1.55. The van der Waals surface area contributed by atoms with Crippen molar-refractivity contribution in [2.24, 2.45) is 0 Å². The van der Waals surface area contributed by atoms with Gasteiger partial charge in [-0.25, -0.2) is 4.57 Å². The minimum atomic E-state index is -4.76.